The Morgan fingerprint density at radius 3 is 2.59 bits per heavy atom. The van der Waals surface area contributed by atoms with Crippen molar-refractivity contribution in [2.75, 3.05) is 19.5 Å². The number of ether oxygens (including phenoxy) is 3. The highest BCUT2D eigenvalue weighted by Gasteiger charge is 2.19. The Labute approximate surface area is 190 Å². The molecule has 8 nitrogen and oxygen atoms in total. The normalized spacial score (nSPS) is 10.8. The Morgan fingerprint density at radius 2 is 1.88 bits per heavy atom. The molecule has 2 aromatic carbocycles. The summed E-state index contributed by atoms with van der Waals surface area (Å²) < 4.78 is 30.2. The number of hydrogen-bond acceptors (Lipinski definition) is 8. The monoisotopic (exact) mass is 475 g/mol. The first-order valence-electron chi connectivity index (χ1n) is 9.04. The molecule has 11 heteroatoms. The summed E-state index contributed by atoms with van der Waals surface area (Å²) in [7, 11) is 2.84. The topological polar surface area (TPSA) is 103 Å². The van der Waals surface area contributed by atoms with Gasteiger partial charge in [0.2, 0.25) is 0 Å². The molecule has 0 saturated carbocycles. The summed E-state index contributed by atoms with van der Waals surface area (Å²) in [6.07, 6.45) is 1.35. The van der Waals surface area contributed by atoms with Crippen LogP contribution in [0.1, 0.15) is 10.5 Å². The van der Waals surface area contributed by atoms with E-state index in [4.69, 9.17) is 25.8 Å². The van der Waals surface area contributed by atoms with E-state index < -0.39 is 11.7 Å². The molecule has 0 aliphatic carbocycles. The van der Waals surface area contributed by atoms with Crippen LogP contribution >= 0.6 is 22.9 Å². The fraction of sp³-hybridized carbons (Fsp3) is 0.0952. The Balaban J connectivity index is 1.63. The van der Waals surface area contributed by atoms with Gasteiger partial charge in [-0.25, -0.2) is 14.4 Å². The highest BCUT2D eigenvalue weighted by atomic mass is 35.5. The maximum absolute atomic E-state index is 13.3. The summed E-state index contributed by atoms with van der Waals surface area (Å²) in [5.74, 6) is -0.424. The van der Waals surface area contributed by atoms with E-state index in [0.29, 0.717) is 21.7 Å². The zero-order valence-corrected chi connectivity index (χ0v) is 18.3. The lowest BCUT2D eigenvalue weighted by Crippen LogP contribution is -2.13. The van der Waals surface area contributed by atoms with Crippen LogP contribution in [0.25, 0.3) is 10.2 Å². The number of nitrogens with one attached hydrogen (secondary N) is 1. The number of carbonyl (C=O) groups excluding carboxylic acids is 1. The van der Waals surface area contributed by atoms with Crippen LogP contribution in [0.2, 0.25) is 5.02 Å². The van der Waals surface area contributed by atoms with Crippen LogP contribution < -0.4 is 19.5 Å². The van der Waals surface area contributed by atoms with Gasteiger partial charge in [0.15, 0.2) is 33.8 Å². The van der Waals surface area contributed by atoms with Gasteiger partial charge in [0.1, 0.15) is 11.6 Å². The lowest BCUT2D eigenvalue weighted by atomic mass is 10.3. The maximum Gasteiger partial charge on any atom is 0.280 e. The van der Waals surface area contributed by atoms with Crippen molar-refractivity contribution >= 4 is 44.2 Å². The predicted octanol–water partition coefficient (Wildman–Crippen LogP) is 5.25. The zero-order valence-electron chi connectivity index (χ0n) is 16.7. The molecule has 0 fully saturated rings. The van der Waals surface area contributed by atoms with Crippen LogP contribution in [0.4, 0.5) is 9.52 Å². The van der Waals surface area contributed by atoms with Gasteiger partial charge in [-0.1, -0.05) is 22.9 Å². The number of aromatic hydroxyl groups is 1. The fourth-order valence-corrected chi connectivity index (χ4v) is 3.91. The highest BCUT2D eigenvalue weighted by molar-refractivity contribution is 7.22. The highest BCUT2D eigenvalue weighted by Crippen LogP contribution is 2.40. The quantitative estimate of drug-likeness (QED) is 0.392. The van der Waals surface area contributed by atoms with E-state index in [1.165, 1.54) is 50.0 Å². The van der Waals surface area contributed by atoms with Crippen LogP contribution in [0.15, 0.2) is 42.6 Å². The second-order valence-corrected chi connectivity index (χ2v) is 7.77. The van der Waals surface area contributed by atoms with E-state index in [9.17, 15) is 14.3 Å². The number of benzene rings is 2. The fourth-order valence-electron chi connectivity index (χ4n) is 2.83. The number of hydrogen-bond donors (Lipinski definition) is 2. The Bertz CT molecular complexity index is 1330. The number of nitrogens with zero attached hydrogens (tertiary/aromatic N) is 2. The third kappa shape index (κ3) is 4.23. The first-order chi connectivity index (χ1) is 15.4. The van der Waals surface area contributed by atoms with E-state index >= 15 is 0 Å². The minimum absolute atomic E-state index is 0.106. The van der Waals surface area contributed by atoms with Gasteiger partial charge in [0.25, 0.3) is 5.91 Å². The third-order valence-electron chi connectivity index (χ3n) is 4.33. The number of rotatable bonds is 6. The van der Waals surface area contributed by atoms with Crippen molar-refractivity contribution in [1.82, 2.24) is 9.97 Å². The summed E-state index contributed by atoms with van der Waals surface area (Å²) in [6.45, 7) is 0. The van der Waals surface area contributed by atoms with Crippen molar-refractivity contribution < 1.29 is 28.5 Å². The minimum atomic E-state index is -0.651. The molecule has 0 aliphatic rings. The summed E-state index contributed by atoms with van der Waals surface area (Å²) in [4.78, 5) is 20.8. The van der Waals surface area contributed by atoms with Crippen LogP contribution in [0.3, 0.4) is 0 Å². The Morgan fingerprint density at radius 1 is 1.09 bits per heavy atom. The van der Waals surface area contributed by atoms with Crippen LogP contribution in [0, 0.1) is 5.82 Å². The SMILES string of the molecule is COc1cc2nc(NC(=O)c3nccc(OC)c3O)sc2cc1Oc1ccc(F)cc1Cl. The molecule has 0 aliphatic heterocycles. The molecule has 0 spiro atoms. The standard InChI is InChI=1S/C21H15ClFN3O5S/c1-29-14-5-6-24-18(19(14)27)20(28)26-21-25-12-8-15(30-2)16(9-17(12)32-21)31-13-4-3-10(23)7-11(13)22/h3-9,27H,1-2H3,(H,25,26,28). The number of thiazole rings is 1. The molecule has 2 N–H and O–H groups in total. The van der Waals surface area contributed by atoms with E-state index in [2.05, 4.69) is 15.3 Å². The number of fused-ring (bicyclic) bond motifs is 1. The molecular weight excluding hydrogens is 461 g/mol. The molecular formula is C21H15ClFN3O5S. The smallest absolute Gasteiger partial charge is 0.280 e. The van der Waals surface area contributed by atoms with Gasteiger partial charge in [-0.05, 0) is 18.2 Å². The Kier molecular flexibility index (Phi) is 5.97. The van der Waals surface area contributed by atoms with E-state index in [1.807, 2.05) is 0 Å². The number of pyridine rings is 1. The molecule has 2 aromatic heterocycles. The summed E-state index contributed by atoms with van der Waals surface area (Å²) >= 11 is 7.22. The zero-order chi connectivity index (χ0) is 22.8. The first kappa shape index (κ1) is 21.6. The van der Waals surface area contributed by atoms with Crippen molar-refractivity contribution in [3.05, 3.63) is 59.1 Å². The first-order valence-corrected chi connectivity index (χ1v) is 10.2. The van der Waals surface area contributed by atoms with Crippen LogP contribution in [-0.4, -0.2) is 35.2 Å². The van der Waals surface area contributed by atoms with Gasteiger partial charge in [0, 0.05) is 24.4 Å². The predicted molar refractivity (Wildman–Crippen MR) is 118 cm³/mol. The molecule has 1 amide bonds. The van der Waals surface area contributed by atoms with Crippen LogP contribution in [-0.2, 0) is 0 Å². The lowest BCUT2D eigenvalue weighted by molar-refractivity contribution is 0.101. The van der Waals surface area contributed by atoms with Crippen LogP contribution in [0.5, 0.6) is 28.7 Å². The van der Waals surface area contributed by atoms with Crippen molar-refractivity contribution in [2.45, 2.75) is 0 Å². The molecule has 0 bridgehead atoms. The van der Waals surface area contributed by atoms with E-state index in [0.717, 1.165) is 6.07 Å². The molecule has 0 unspecified atom stereocenters. The molecule has 4 aromatic rings. The maximum atomic E-state index is 13.3. The summed E-state index contributed by atoms with van der Waals surface area (Å²) in [6, 6.07) is 8.52. The number of carbonyl (C=O) groups is 1. The van der Waals surface area contributed by atoms with E-state index in [1.54, 1.807) is 12.1 Å². The van der Waals surface area contributed by atoms with Gasteiger partial charge in [0.05, 0.1) is 29.5 Å². The third-order valence-corrected chi connectivity index (χ3v) is 5.56. The minimum Gasteiger partial charge on any atom is -0.503 e. The molecule has 0 atom stereocenters. The van der Waals surface area contributed by atoms with Crippen molar-refractivity contribution in [3.63, 3.8) is 0 Å². The summed E-state index contributed by atoms with van der Waals surface area (Å²) in [5, 5.41) is 13.1. The number of amides is 1. The lowest BCUT2D eigenvalue weighted by Gasteiger charge is -2.11. The molecule has 0 saturated heterocycles. The molecule has 2 heterocycles. The molecule has 4 rings (SSSR count). The average molecular weight is 476 g/mol. The number of methoxy groups -OCH3 is 2. The molecule has 0 radical (unpaired) electrons. The number of anilines is 1. The van der Waals surface area contributed by atoms with Gasteiger partial charge in [-0.2, -0.15) is 0 Å². The number of aromatic nitrogens is 2. The molecule has 32 heavy (non-hydrogen) atoms. The Hall–Kier alpha value is -3.63. The average Bonchev–Trinajstić information content (AvgIpc) is 3.16. The largest absolute Gasteiger partial charge is 0.503 e. The van der Waals surface area contributed by atoms with Gasteiger partial charge in [-0.15, -0.1) is 0 Å². The van der Waals surface area contributed by atoms with Gasteiger partial charge < -0.3 is 19.3 Å². The second-order valence-electron chi connectivity index (χ2n) is 6.33. The van der Waals surface area contributed by atoms with E-state index in [-0.39, 0.29) is 33.1 Å². The van der Waals surface area contributed by atoms with Crippen molar-refractivity contribution in [1.29, 1.82) is 0 Å². The molecule has 164 valence electrons. The summed E-state index contributed by atoms with van der Waals surface area (Å²) in [5.41, 5.74) is 0.346. The van der Waals surface area contributed by atoms with Gasteiger partial charge in [-0.3, -0.25) is 10.1 Å². The number of halogens is 2. The van der Waals surface area contributed by atoms with Crippen molar-refractivity contribution in [2.24, 2.45) is 0 Å². The van der Waals surface area contributed by atoms with Gasteiger partial charge >= 0.3 is 0 Å². The van der Waals surface area contributed by atoms with Crippen molar-refractivity contribution in [3.8, 4) is 28.7 Å². The second kappa shape index (κ2) is 8.85.